The van der Waals surface area contributed by atoms with Crippen molar-refractivity contribution in [3.8, 4) is 0 Å². The maximum absolute atomic E-state index is 5.48. The van der Waals surface area contributed by atoms with Gasteiger partial charge in [0.1, 0.15) is 0 Å². The summed E-state index contributed by atoms with van der Waals surface area (Å²) in [6.07, 6.45) is 8.37. The zero-order valence-electron chi connectivity index (χ0n) is 9.06. The molecule has 1 aliphatic heterocycles. The van der Waals surface area contributed by atoms with Crippen LogP contribution in [0.2, 0.25) is 0 Å². The molecule has 0 aliphatic carbocycles. The minimum absolute atomic E-state index is 0.533. The van der Waals surface area contributed by atoms with Crippen molar-refractivity contribution in [1.29, 1.82) is 0 Å². The van der Waals surface area contributed by atoms with Gasteiger partial charge in [-0.25, -0.2) is 0 Å². The molecule has 15 heavy (non-hydrogen) atoms. The topological polar surface area (TPSA) is 53.1 Å². The maximum atomic E-state index is 5.48. The van der Waals surface area contributed by atoms with Crippen LogP contribution in [0, 0.1) is 0 Å². The maximum Gasteiger partial charge on any atom is 0.0563 e. The summed E-state index contributed by atoms with van der Waals surface area (Å²) in [4.78, 5) is 0. The Morgan fingerprint density at radius 3 is 3.00 bits per heavy atom. The van der Waals surface area contributed by atoms with E-state index in [1.807, 2.05) is 6.20 Å². The zero-order chi connectivity index (χ0) is 10.5. The number of ether oxygens (including phenoxy) is 1. The SMILES string of the molecule is NCCCc1cnn(C2CCOCC2)c1. The van der Waals surface area contributed by atoms with Gasteiger partial charge in [-0.2, -0.15) is 5.10 Å². The average Bonchev–Trinajstić information content (AvgIpc) is 2.76. The molecule has 1 fully saturated rings. The lowest BCUT2D eigenvalue weighted by molar-refractivity contribution is 0.0662. The number of nitrogens with zero attached hydrogens (tertiary/aromatic N) is 2. The Morgan fingerprint density at radius 2 is 2.27 bits per heavy atom. The van der Waals surface area contributed by atoms with E-state index in [1.165, 1.54) is 5.56 Å². The van der Waals surface area contributed by atoms with Crippen molar-refractivity contribution in [3.05, 3.63) is 18.0 Å². The predicted molar refractivity (Wildman–Crippen MR) is 58.7 cm³/mol. The van der Waals surface area contributed by atoms with Crippen LogP contribution in [0.4, 0.5) is 0 Å². The summed E-state index contributed by atoms with van der Waals surface area (Å²) in [6.45, 7) is 2.48. The highest BCUT2D eigenvalue weighted by molar-refractivity contribution is 5.04. The lowest BCUT2D eigenvalue weighted by atomic mass is 10.1. The molecule has 1 saturated heterocycles. The van der Waals surface area contributed by atoms with Gasteiger partial charge in [-0.05, 0) is 37.8 Å². The van der Waals surface area contributed by atoms with Crippen molar-refractivity contribution >= 4 is 0 Å². The van der Waals surface area contributed by atoms with Gasteiger partial charge in [0.25, 0.3) is 0 Å². The van der Waals surface area contributed by atoms with Crippen molar-refractivity contribution < 1.29 is 4.74 Å². The fraction of sp³-hybridized carbons (Fsp3) is 0.727. The van der Waals surface area contributed by atoms with Gasteiger partial charge in [0.05, 0.1) is 12.2 Å². The van der Waals surface area contributed by atoms with Gasteiger partial charge in [-0.15, -0.1) is 0 Å². The molecule has 0 spiro atoms. The highest BCUT2D eigenvalue weighted by Crippen LogP contribution is 2.20. The van der Waals surface area contributed by atoms with Crippen LogP contribution in [0.1, 0.15) is 30.9 Å². The Labute approximate surface area is 90.4 Å². The van der Waals surface area contributed by atoms with E-state index >= 15 is 0 Å². The Balaban J connectivity index is 1.93. The molecule has 1 aromatic heterocycles. The Morgan fingerprint density at radius 1 is 1.47 bits per heavy atom. The van der Waals surface area contributed by atoms with E-state index < -0.39 is 0 Å². The largest absolute Gasteiger partial charge is 0.381 e. The summed E-state index contributed by atoms with van der Waals surface area (Å²) >= 11 is 0. The van der Waals surface area contributed by atoms with Gasteiger partial charge in [0.15, 0.2) is 0 Å². The van der Waals surface area contributed by atoms with E-state index in [0.29, 0.717) is 6.04 Å². The third-order valence-corrected chi connectivity index (χ3v) is 2.89. The third kappa shape index (κ3) is 2.79. The fourth-order valence-corrected chi connectivity index (χ4v) is 1.96. The van der Waals surface area contributed by atoms with Crippen LogP contribution in [0.25, 0.3) is 0 Å². The molecule has 1 aliphatic rings. The van der Waals surface area contributed by atoms with E-state index in [2.05, 4.69) is 16.0 Å². The number of rotatable bonds is 4. The minimum atomic E-state index is 0.533. The van der Waals surface area contributed by atoms with Crippen LogP contribution in [-0.4, -0.2) is 29.5 Å². The first-order chi connectivity index (χ1) is 7.40. The van der Waals surface area contributed by atoms with Crippen LogP contribution in [0.5, 0.6) is 0 Å². The summed E-state index contributed by atoms with van der Waals surface area (Å²) in [5, 5.41) is 4.41. The van der Waals surface area contributed by atoms with Crippen molar-refractivity contribution in [2.24, 2.45) is 5.73 Å². The molecule has 0 unspecified atom stereocenters. The van der Waals surface area contributed by atoms with Crippen LogP contribution < -0.4 is 5.73 Å². The summed E-state index contributed by atoms with van der Waals surface area (Å²) in [7, 11) is 0. The smallest absolute Gasteiger partial charge is 0.0563 e. The number of hydrogen-bond acceptors (Lipinski definition) is 3. The Kier molecular flexibility index (Phi) is 3.75. The first kappa shape index (κ1) is 10.6. The lowest BCUT2D eigenvalue weighted by Crippen LogP contribution is -2.19. The summed E-state index contributed by atoms with van der Waals surface area (Å²) in [5.41, 5.74) is 6.78. The Hall–Kier alpha value is -0.870. The molecule has 0 saturated carbocycles. The third-order valence-electron chi connectivity index (χ3n) is 2.89. The first-order valence-corrected chi connectivity index (χ1v) is 5.71. The van der Waals surface area contributed by atoms with E-state index in [1.54, 1.807) is 0 Å². The number of aromatic nitrogens is 2. The van der Waals surface area contributed by atoms with Crippen LogP contribution >= 0.6 is 0 Å². The molecule has 0 atom stereocenters. The predicted octanol–water partition coefficient (Wildman–Crippen LogP) is 1.13. The highest BCUT2D eigenvalue weighted by atomic mass is 16.5. The first-order valence-electron chi connectivity index (χ1n) is 5.71. The van der Waals surface area contributed by atoms with Gasteiger partial charge in [-0.1, -0.05) is 0 Å². The molecule has 2 heterocycles. The molecule has 1 aromatic rings. The van der Waals surface area contributed by atoms with Crippen LogP contribution in [0.3, 0.4) is 0 Å². The van der Waals surface area contributed by atoms with Crippen molar-refractivity contribution in [1.82, 2.24) is 9.78 Å². The quantitative estimate of drug-likeness (QED) is 0.808. The summed E-state index contributed by atoms with van der Waals surface area (Å²) in [6, 6.07) is 0.533. The molecular weight excluding hydrogens is 190 g/mol. The van der Waals surface area contributed by atoms with Gasteiger partial charge >= 0.3 is 0 Å². The van der Waals surface area contributed by atoms with E-state index in [0.717, 1.165) is 45.4 Å². The van der Waals surface area contributed by atoms with Gasteiger partial charge in [0, 0.05) is 19.4 Å². The molecule has 4 nitrogen and oxygen atoms in total. The lowest BCUT2D eigenvalue weighted by Gasteiger charge is -2.22. The molecule has 0 radical (unpaired) electrons. The number of nitrogens with two attached hydrogens (primary N) is 1. The van der Waals surface area contributed by atoms with Crippen molar-refractivity contribution in [2.75, 3.05) is 19.8 Å². The molecular formula is C11H19N3O. The minimum Gasteiger partial charge on any atom is -0.381 e. The van der Waals surface area contributed by atoms with E-state index in [-0.39, 0.29) is 0 Å². The molecule has 0 amide bonds. The van der Waals surface area contributed by atoms with Crippen molar-refractivity contribution in [2.45, 2.75) is 31.7 Å². The number of hydrogen-bond donors (Lipinski definition) is 1. The number of aryl methyl sites for hydroxylation is 1. The second-order valence-electron chi connectivity index (χ2n) is 4.06. The monoisotopic (exact) mass is 209 g/mol. The molecule has 84 valence electrons. The standard InChI is InChI=1S/C11H19N3O/c12-5-1-2-10-8-13-14(9-10)11-3-6-15-7-4-11/h8-9,11H,1-7,12H2. The molecule has 0 bridgehead atoms. The normalized spacial score (nSPS) is 18.2. The fourth-order valence-electron chi connectivity index (χ4n) is 1.96. The van der Waals surface area contributed by atoms with Gasteiger partial charge < -0.3 is 10.5 Å². The average molecular weight is 209 g/mol. The second-order valence-corrected chi connectivity index (χ2v) is 4.06. The summed E-state index contributed by atoms with van der Waals surface area (Å²) in [5.74, 6) is 0. The Bertz CT molecular complexity index is 292. The van der Waals surface area contributed by atoms with Crippen molar-refractivity contribution in [3.63, 3.8) is 0 Å². The van der Waals surface area contributed by atoms with Gasteiger partial charge in [0.2, 0.25) is 0 Å². The molecule has 2 N–H and O–H groups in total. The highest BCUT2D eigenvalue weighted by Gasteiger charge is 2.16. The molecule has 4 heteroatoms. The van der Waals surface area contributed by atoms with Crippen LogP contribution in [0.15, 0.2) is 12.4 Å². The van der Waals surface area contributed by atoms with E-state index in [9.17, 15) is 0 Å². The van der Waals surface area contributed by atoms with E-state index in [4.69, 9.17) is 10.5 Å². The summed E-state index contributed by atoms with van der Waals surface area (Å²) < 4.78 is 7.43. The molecule has 0 aromatic carbocycles. The zero-order valence-corrected chi connectivity index (χ0v) is 9.06. The second kappa shape index (κ2) is 5.28. The van der Waals surface area contributed by atoms with Crippen LogP contribution in [-0.2, 0) is 11.2 Å². The molecule has 2 rings (SSSR count). The van der Waals surface area contributed by atoms with Gasteiger partial charge in [-0.3, -0.25) is 4.68 Å².